The molecule has 2 aromatic heterocycles. The highest BCUT2D eigenvalue weighted by Crippen LogP contribution is 2.35. The van der Waals surface area contributed by atoms with Gasteiger partial charge in [0.1, 0.15) is 18.4 Å². The summed E-state index contributed by atoms with van der Waals surface area (Å²) in [6, 6.07) is 2.19. The average Bonchev–Trinajstić information content (AvgIpc) is 3.12. The fourth-order valence-corrected chi connectivity index (χ4v) is 3.60. The number of hydrogen-bond donors (Lipinski definition) is 1. The van der Waals surface area contributed by atoms with Gasteiger partial charge in [0.2, 0.25) is 0 Å². The Labute approximate surface area is 157 Å². The second kappa shape index (κ2) is 7.09. The van der Waals surface area contributed by atoms with E-state index in [1.807, 2.05) is 0 Å². The van der Waals surface area contributed by atoms with Crippen LogP contribution in [0.15, 0.2) is 26.1 Å². The highest BCUT2D eigenvalue weighted by molar-refractivity contribution is 9.10. The Bertz CT molecular complexity index is 1010. The minimum atomic E-state index is -1.24. The van der Waals surface area contributed by atoms with E-state index in [-0.39, 0.29) is 28.0 Å². The summed E-state index contributed by atoms with van der Waals surface area (Å²) in [7, 11) is -1.24. The van der Waals surface area contributed by atoms with E-state index in [0.29, 0.717) is 12.1 Å². The van der Waals surface area contributed by atoms with E-state index in [9.17, 15) is 13.6 Å². The summed E-state index contributed by atoms with van der Waals surface area (Å²) in [5.74, 6) is -2.19. The Balaban J connectivity index is 2.02. The van der Waals surface area contributed by atoms with E-state index >= 15 is 0 Å². The average molecular weight is 446 g/mol. The summed E-state index contributed by atoms with van der Waals surface area (Å²) in [5.41, 5.74) is 0.591. The van der Waals surface area contributed by atoms with Crippen molar-refractivity contribution in [2.45, 2.75) is 32.4 Å². The maximum absolute atomic E-state index is 14.7. The number of hydrogen-bond acceptors (Lipinski definition) is 4. The Morgan fingerprint density at radius 3 is 2.73 bits per heavy atom. The maximum Gasteiger partial charge on any atom is 0.439 e. The first-order chi connectivity index (χ1) is 12.2. The van der Waals surface area contributed by atoms with Crippen LogP contribution in [0.4, 0.5) is 8.78 Å². The Morgan fingerprint density at radius 1 is 1.38 bits per heavy atom. The standard InChI is InChI=1S/C16H18BrF2N3O3Si/c1-26(2,3)5-4-24-8-22-7-9(15-20-16(23)25-21-15)12-11(22)6-10(18)13(17)14(12)19/h6-7H,4-5,8H2,1-3H3,(H,20,21,23). The van der Waals surface area contributed by atoms with Gasteiger partial charge in [0.15, 0.2) is 5.82 Å². The van der Waals surface area contributed by atoms with Gasteiger partial charge in [0, 0.05) is 31.8 Å². The zero-order valence-electron chi connectivity index (χ0n) is 14.5. The van der Waals surface area contributed by atoms with Crippen LogP contribution in [-0.2, 0) is 11.5 Å². The molecule has 0 saturated carbocycles. The number of nitrogens with zero attached hydrogens (tertiary/aromatic N) is 2. The molecule has 0 bridgehead atoms. The molecular formula is C16H18BrF2N3O3Si. The van der Waals surface area contributed by atoms with Crippen LogP contribution < -0.4 is 5.76 Å². The monoisotopic (exact) mass is 445 g/mol. The van der Waals surface area contributed by atoms with Gasteiger partial charge >= 0.3 is 5.76 Å². The van der Waals surface area contributed by atoms with Crippen LogP contribution in [0.25, 0.3) is 22.3 Å². The summed E-state index contributed by atoms with van der Waals surface area (Å²) in [5, 5.41) is 3.73. The third-order valence-electron chi connectivity index (χ3n) is 3.93. The molecule has 3 aromatic rings. The topological polar surface area (TPSA) is 73.0 Å². The molecule has 0 aliphatic rings. The van der Waals surface area contributed by atoms with Crippen LogP contribution >= 0.6 is 15.9 Å². The molecule has 140 valence electrons. The number of aromatic nitrogens is 3. The summed E-state index contributed by atoms with van der Waals surface area (Å²) in [4.78, 5) is 13.6. The number of aromatic amines is 1. The Kier molecular flexibility index (Phi) is 5.18. The van der Waals surface area contributed by atoms with Crippen molar-refractivity contribution in [1.82, 2.24) is 14.7 Å². The summed E-state index contributed by atoms with van der Waals surface area (Å²) >= 11 is 2.91. The summed E-state index contributed by atoms with van der Waals surface area (Å²) < 4.78 is 40.2. The van der Waals surface area contributed by atoms with Crippen molar-refractivity contribution in [1.29, 1.82) is 0 Å². The molecule has 0 aliphatic carbocycles. The van der Waals surface area contributed by atoms with Crippen LogP contribution in [0, 0.1) is 11.6 Å². The normalized spacial score (nSPS) is 12.2. The first kappa shape index (κ1) is 19.0. The van der Waals surface area contributed by atoms with Gasteiger partial charge in [-0.05, 0) is 28.0 Å². The van der Waals surface area contributed by atoms with Crippen LogP contribution in [0.5, 0.6) is 0 Å². The molecule has 0 fully saturated rings. The van der Waals surface area contributed by atoms with Crippen molar-refractivity contribution in [2.24, 2.45) is 0 Å². The highest BCUT2D eigenvalue weighted by atomic mass is 79.9. The Morgan fingerprint density at radius 2 is 2.12 bits per heavy atom. The second-order valence-corrected chi connectivity index (χ2v) is 13.6. The van der Waals surface area contributed by atoms with Gasteiger partial charge < -0.3 is 9.30 Å². The number of benzene rings is 1. The minimum absolute atomic E-state index is 0.0678. The lowest BCUT2D eigenvalue weighted by Gasteiger charge is -2.15. The molecule has 1 aromatic carbocycles. The zero-order valence-corrected chi connectivity index (χ0v) is 17.1. The lowest BCUT2D eigenvalue weighted by molar-refractivity contribution is 0.0902. The van der Waals surface area contributed by atoms with Gasteiger partial charge in [0.05, 0.1) is 9.99 Å². The predicted octanol–water partition coefficient (Wildman–Crippen LogP) is 4.34. The lowest BCUT2D eigenvalue weighted by Crippen LogP contribution is -2.21. The Hall–Kier alpha value is -1.78. The van der Waals surface area contributed by atoms with Crippen molar-refractivity contribution < 1.29 is 18.0 Å². The van der Waals surface area contributed by atoms with E-state index in [0.717, 1.165) is 6.04 Å². The van der Waals surface area contributed by atoms with Crippen molar-refractivity contribution in [3.05, 3.63) is 38.9 Å². The maximum atomic E-state index is 14.7. The molecule has 1 N–H and O–H groups in total. The van der Waals surface area contributed by atoms with Gasteiger partial charge in [-0.2, -0.15) is 0 Å². The molecule has 26 heavy (non-hydrogen) atoms. The minimum Gasteiger partial charge on any atom is -0.361 e. The van der Waals surface area contributed by atoms with E-state index in [1.165, 1.54) is 6.07 Å². The number of fused-ring (bicyclic) bond motifs is 1. The first-order valence-electron chi connectivity index (χ1n) is 7.98. The smallest absolute Gasteiger partial charge is 0.361 e. The lowest BCUT2D eigenvalue weighted by atomic mass is 10.1. The quantitative estimate of drug-likeness (QED) is 0.348. The third kappa shape index (κ3) is 3.81. The summed E-state index contributed by atoms with van der Waals surface area (Å²) in [6.45, 7) is 7.41. The summed E-state index contributed by atoms with van der Waals surface area (Å²) in [6.07, 6.45) is 1.56. The number of ether oxygens (including phenoxy) is 1. The molecule has 2 heterocycles. The van der Waals surface area contributed by atoms with Crippen LogP contribution in [0.3, 0.4) is 0 Å². The van der Waals surface area contributed by atoms with Crippen molar-refractivity contribution in [3.63, 3.8) is 0 Å². The molecule has 0 aliphatic heterocycles. The van der Waals surface area contributed by atoms with Gasteiger partial charge in [-0.3, -0.25) is 9.51 Å². The molecular weight excluding hydrogens is 428 g/mol. The fourth-order valence-electron chi connectivity index (χ4n) is 2.53. The number of H-pyrrole nitrogens is 1. The molecule has 0 radical (unpaired) electrons. The number of nitrogens with one attached hydrogen (secondary N) is 1. The van der Waals surface area contributed by atoms with Crippen LogP contribution in [0.1, 0.15) is 0 Å². The molecule has 0 spiro atoms. The molecule has 0 saturated heterocycles. The predicted molar refractivity (Wildman–Crippen MR) is 99.8 cm³/mol. The molecule has 10 heteroatoms. The third-order valence-corrected chi connectivity index (χ3v) is 6.36. The molecule has 0 atom stereocenters. The first-order valence-corrected chi connectivity index (χ1v) is 12.5. The van der Waals surface area contributed by atoms with E-state index in [2.05, 4.69) is 50.2 Å². The van der Waals surface area contributed by atoms with Gasteiger partial charge in [0.25, 0.3) is 0 Å². The molecule has 6 nitrogen and oxygen atoms in total. The van der Waals surface area contributed by atoms with E-state index < -0.39 is 25.5 Å². The van der Waals surface area contributed by atoms with Crippen molar-refractivity contribution >= 4 is 34.9 Å². The van der Waals surface area contributed by atoms with Gasteiger partial charge in [-0.1, -0.05) is 24.8 Å². The van der Waals surface area contributed by atoms with E-state index in [4.69, 9.17) is 4.74 Å². The molecule has 3 rings (SSSR count). The highest BCUT2D eigenvalue weighted by Gasteiger charge is 2.22. The van der Waals surface area contributed by atoms with Crippen LogP contribution in [-0.4, -0.2) is 29.4 Å². The van der Waals surface area contributed by atoms with Gasteiger partial charge in [-0.25, -0.2) is 13.6 Å². The van der Waals surface area contributed by atoms with Crippen molar-refractivity contribution in [3.8, 4) is 11.4 Å². The van der Waals surface area contributed by atoms with Gasteiger partial charge in [-0.15, -0.1) is 0 Å². The largest absolute Gasteiger partial charge is 0.439 e. The second-order valence-electron chi connectivity index (χ2n) is 7.18. The van der Waals surface area contributed by atoms with E-state index in [1.54, 1.807) is 10.8 Å². The van der Waals surface area contributed by atoms with Crippen LogP contribution in [0.2, 0.25) is 25.7 Å². The fraction of sp³-hybridized carbons (Fsp3) is 0.375. The number of halogens is 3. The SMILES string of the molecule is C[Si](C)(C)CCOCn1cc(-c2noc(=O)[nH]2)c2c(F)c(Br)c(F)cc21. The van der Waals surface area contributed by atoms with Crippen molar-refractivity contribution in [2.75, 3.05) is 6.61 Å². The molecule has 0 unspecified atom stereocenters. The molecule has 0 amide bonds. The zero-order chi connectivity index (χ0) is 19.1. The number of rotatable bonds is 6.